The van der Waals surface area contributed by atoms with Crippen LogP contribution in [0.2, 0.25) is 5.02 Å². The highest BCUT2D eigenvalue weighted by Crippen LogP contribution is 2.30. The molecule has 0 aliphatic heterocycles. The maximum absolute atomic E-state index is 11.1. The molecule has 1 N–H and O–H groups in total. The van der Waals surface area contributed by atoms with E-state index in [-0.39, 0.29) is 5.97 Å². The van der Waals surface area contributed by atoms with E-state index in [1.165, 1.54) is 12.7 Å². The molecule has 1 aromatic rings. The second-order valence-electron chi connectivity index (χ2n) is 4.54. The molecule has 0 saturated heterocycles. The number of thioether (sulfide) groups is 1. The second-order valence-corrected chi connectivity index (χ2v) is 6.08. The number of rotatable bonds is 8. The lowest BCUT2D eigenvalue weighted by Crippen LogP contribution is -2.19. The summed E-state index contributed by atoms with van der Waals surface area (Å²) in [6.07, 6.45) is 1.51. The lowest BCUT2D eigenvalue weighted by atomic mass is 10.1. The number of carbonyl (C=O) groups is 1. The van der Waals surface area contributed by atoms with Crippen molar-refractivity contribution in [3.63, 3.8) is 0 Å². The van der Waals surface area contributed by atoms with Gasteiger partial charge in [0.1, 0.15) is 0 Å². The van der Waals surface area contributed by atoms with Crippen LogP contribution in [0.1, 0.15) is 38.3 Å². The van der Waals surface area contributed by atoms with Crippen molar-refractivity contribution in [1.82, 2.24) is 5.32 Å². The number of methoxy groups -OCH3 is 1. The molecule has 112 valence electrons. The van der Waals surface area contributed by atoms with Crippen LogP contribution in [0, 0.1) is 0 Å². The van der Waals surface area contributed by atoms with Gasteiger partial charge < -0.3 is 10.1 Å². The molecule has 0 aromatic heterocycles. The smallest absolute Gasteiger partial charge is 0.306 e. The molecule has 0 heterocycles. The van der Waals surface area contributed by atoms with Crippen molar-refractivity contribution in [2.45, 2.75) is 37.6 Å². The Morgan fingerprint density at radius 3 is 2.85 bits per heavy atom. The van der Waals surface area contributed by atoms with Crippen LogP contribution in [0.4, 0.5) is 0 Å². The summed E-state index contributed by atoms with van der Waals surface area (Å²) < 4.78 is 4.61. The van der Waals surface area contributed by atoms with Gasteiger partial charge in [-0.25, -0.2) is 0 Å². The minimum absolute atomic E-state index is 0.192. The molecule has 1 rings (SSSR count). The van der Waals surface area contributed by atoms with Crippen LogP contribution in [0.15, 0.2) is 23.1 Å². The van der Waals surface area contributed by atoms with Gasteiger partial charge >= 0.3 is 5.97 Å². The maximum Gasteiger partial charge on any atom is 0.306 e. The Balaban J connectivity index is 2.56. The Hall–Kier alpha value is -0.710. The first-order valence-corrected chi connectivity index (χ1v) is 8.17. The van der Waals surface area contributed by atoms with E-state index in [1.54, 1.807) is 11.8 Å². The summed E-state index contributed by atoms with van der Waals surface area (Å²) in [6, 6.07) is 6.39. The Bertz CT molecular complexity index is 440. The van der Waals surface area contributed by atoms with E-state index in [4.69, 9.17) is 11.6 Å². The third-order valence-electron chi connectivity index (χ3n) is 2.95. The van der Waals surface area contributed by atoms with Crippen LogP contribution < -0.4 is 5.32 Å². The van der Waals surface area contributed by atoms with Crippen LogP contribution in [0.25, 0.3) is 0 Å². The molecule has 20 heavy (non-hydrogen) atoms. The zero-order chi connectivity index (χ0) is 15.0. The second kappa shape index (κ2) is 9.27. The fourth-order valence-electron chi connectivity index (χ4n) is 1.73. The maximum atomic E-state index is 11.1. The first-order chi connectivity index (χ1) is 9.58. The van der Waals surface area contributed by atoms with Gasteiger partial charge in [-0.05, 0) is 37.6 Å². The summed E-state index contributed by atoms with van der Waals surface area (Å²) in [7, 11) is 1.40. The number of hydrogen-bond acceptors (Lipinski definition) is 4. The van der Waals surface area contributed by atoms with Gasteiger partial charge in [0, 0.05) is 16.7 Å². The lowest BCUT2D eigenvalue weighted by Gasteiger charge is -2.15. The molecule has 0 aliphatic carbocycles. The van der Waals surface area contributed by atoms with Gasteiger partial charge in [-0.1, -0.05) is 24.6 Å². The summed E-state index contributed by atoms with van der Waals surface area (Å²) in [6.45, 7) is 5.27. The molecule has 0 aliphatic rings. The molecule has 1 unspecified atom stereocenters. The van der Waals surface area contributed by atoms with Crippen molar-refractivity contribution >= 4 is 29.3 Å². The lowest BCUT2D eigenvalue weighted by molar-refractivity contribution is -0.140. The zero-order valence-corrected chi connectivity index (χ0v) is 13.8. The topological polar surface area (TPSA) is 38.3 Å². The SMILES string of the molecule is CCCNC(C)c1ccc(SCCC(=O)OC)c(Cl)c1. The Morgan fingerprint density at radius 1 is 1.50 bits per heavy atom. The summed E-state index contributed by atoms with van der Waals surface area (Å²) >= 11 is 7.87. The first-order valence-electron chi connectivity index (χ1n) is 6.81. The predicted octanol–water partition coefficient (Wildman–Crippen LogP) is 4.06. The van der Waals surface area contributed by atoms with Crippen molar-refractivity contribution in [3.8, 4) is 0 Å². The minimum atomic E-state index is -0.192. The summed E-state index contributed by atoms with van der Waals surface area (Å²) in [5.41, 5.74) is 1.18. The number of benzene rings is 1. The third kappa shape index (κ3) is 5.73. The van der Waals surface area contributed by atoms with Crippen LogP contribution in [-0.4, -0.2) is 25.4 Å². The van der Waals surface area contributed by atoms with Gasteiger partial charge in [0.25, 0.3) is 0 Å². The first kappa shape index (κ1) is 17.3. The molecule has 0 spiro atoms. The van der Waals surface area contributed by atoms with Crippen molar-refractivity contribution in [2.75, 3.05) is 19.4 Å². The molecule has 0 saturated carbocycles. The van der Waals surface area contributed by atoms with Crippen molar-refractivity contribution in [2.24, 2.45) is 0 Å². The number of ether oxygens (including phenoxy) is 1. The molecule has 3 nitrogen and oxygen atoms in total. The van der Waals surface area contributed by atoms with Gasteiger partial charge in [0.2, 0.25) is 0 Å². The highest BCUT2D eigenvalue weighted by atomic mass is 35.5. The fourth-order valence-corrected chi connectivity index (χ4v) is 2.93. The van der Waals surface area contributed by atoms with E-state index in [9.17, 15) is 4.79 Å². The van der Waals surface area contributed by atoms with E-state index >= 15 is 0 Å². The van der Waals surface area contributed by atoms with E-state index in [2.05, 4.69) is 30.0 Å². The monoisotopic (exact) mass is 315 g/mol. The molecule has 0 amide bonds. The van der Waals surface area contributed by atoms with Crippen LogP contribution >= 0.6 is 23.4 Å². The molecule has 0 bridgehead atoms. The number of esters is 1. The van der Waals surface area contributed by atoms with Gasteiger partial charge in [0.05, 0.1) is 18.6 Å². The highest BCUT2D eigenvalue weighted by molar-refractivity contribution is 7.99. The summed E-state index contributed by atoms with van der Waals surface area (Å²) in [4.78, 5) is 12.1. The van der Waals surface area contributed by atoms with E-state index in [1.807, 2.05) is 12.1 Å². The Morgan fingerprint density at radius 2 is 2.25 bits per heavy atom. The van der Waals surface area contributed by atoms with Crippen molar-refractivity contribution in [1.29, 1.82) is 0 Å². The van der Waals surface area contributed by atoms with Crippen LogP contribution in [-0.2, 0) is 9.53 Å². The summed E-state index contributed by atoms with van der Waals surface area (Å²) in [5, 5.41) is 4.17. The molecule has 0 radical (unpaired) electrons. The molecule has 5 heteroatoms. The van der Waals surface area contributed by atoms with E-state index < -0.39 is 0 Å². The number of nitrogens with one attached hydrogen (secondary N) is 1. The average molecular weight is 316 g/mol. The Labute approximate surface area is 130 Å². The normalized spacial score (nSPS) is 12.2. The number of hydrogen-bond donors (Lipinski definition) is 1. The average Bonchev–Trinajstić information content (AvgIpc) is 2.46. The van der Waals surface area contributed by atoms with E-state index in [0.29, 0.717) is 18.2 Å². The number of halogens is 1. The van der Waals surface area contributed by atoms with Crippen LogP contribution in [0.5, 0.6) is 0 Å². The molecule has 0 fully saturated rings. The Kier molecular flexibility index (Phi) is 8.04. The quantitative estimate of drug-likeness (QED) is 0.580. The largest absolute Gasteiger partial charge is 0.469 e. The number of carbonyl (C=O) groups excluding carboxylic acids is 1. The van der Waals surface area contributed by atoms with Gasteiger partial charge in [-0.2, -0.15) is 0 Å². The highest BCUT2D eigenvalue weighted by Gasteiger charge is 2.09. The van der Waals surface area contributed by atoms with Gasteiger partial charge in [-0.3, -0.25) is 4.79 Å². The van der Waals surface area contributed by atoms with Gasteiger partial charge in [0.15, 0.2) is 0 Å². The molecule has 1 atom stereocenters. The predicted molar refractivity (Wildman–Crippen MR) is 85.5 cm³/mol. The van der Waals surface area contributed by atoms with Gasteiger partial charge in [-0.15, -0.1) is 11.8 Å². The fraction of sp³-hybridized carbons (Fsp3) is 0.533. The van der Waals surface area contributed by atoms with E-state index in [0.717, 1.165) is 22.9 Å². The van der Waals surface area contributed by atoms with Crippen molar-refractivity contribution < 1.29 is 9.53 Å². The third-order valence-corrected chi connectivity index (χ3v) is 4.45. The van der Waals surface area contributed by atoms with Crippen LogP contribution in [0.3, 0.4) is 0 Å². The zero-order valence-electron chi connectivity index (χ0n) is 12.2. The summed E-state index contributed by atoms with van der Waals surface area (Å²) in [5.74, 6) is 0.484. The minimum Gasteiger partial charge on any atom is -0.469 e. The molecular weight excluding hydrogens is 294 g/mol. The van der Waals surface area contributed by atoms with Crippen molar-refractivity contribution in [3.05, 3.63) is 28.8 Å². The molecular formula is C15H22ClNO2S. The molecule has 1 aromatic carbocycles. The standard InChI is InChI=1S/C15H22ClNO2S/c1-4-8-17-11(2)12-5-6-14(13(16)10-12)20-9-7-15(18)19-3/h5-6,10-11,17H,4,7-9H2,1-3H3.